The predicted octanol–water partition coefficient (Wildman–Crippen LogP) is 2.04. The van der Waals surface area contributed by atoms with Gasteiger partial charge in [0.2, 0.25) is 0 Å². The van der Waals surface area contributed by atoms with Crippen LogP contribution in [0.4, 0.5) is 5.69 Å². The fraction of sp³-hybridized carbons (Fsp3) is 0.533. The van der Waals surface area contributed by atoms with Gasteiger partial charge >= 0.3 is 0 Å². The molecule has 4 nitrogen and oxygen atoms in total. The first kappa shape index (κ1) is 15.5. The highest BCUT2D eigenvalue weighted by Crippen LogP contribution is 2.13. The molecule has 0 aliphatic heterocycles. The monoisotopic (exact) mass is 263 g/mol. The zero-order valence-corrected chi connectivity index (χ0v) is 12.4. The lowest BCUT2D eigenvalue weighted by Crippen LogP contribution is -2.37. The number of hydrogen-bond donors (Lipinski definition) is 2. The number of carbonyl (C=O) groups is 1. The lowest BCUT2D eigenvalue weighted by molar-refractivity contribution is 0.0948. The highest BCUT2D eigenvalue weighted by Gasteiger charge is 2.10. The summed E-state index contributed by atoms with van der Waals surface area (Å²) >= 11 is 0. The maximum absolute atomic E-state index is 12.0. The molecular formula is C15H25N3O. The van der Waals surface area contributed by atoms with Gasteiger partial charge in [-0.2, -0.15) is 0 Å². The van der Waals surface area contributed by atoms with Crippen molar-refractivity contribution in [1.82, 2.24) is 10.2 Å². The Morgan fingerprint density at radius 2 is 2.16 bits per heavy atom. The van der Waals surface area contributed by atoms with E-state index in [9.17, 15) is 4.79 Å². The van der Waals surface area contributed by atoms with E-state index in [1.165, 1.54) is 0 Å². The summed E-state index contributed by atoms with van der Waals surface area (Å²) in [5.74, 6) is -0.0984. The smallest absolute Gasteiger partial charge is 0.253 e. The first-order valence-corrected chi connectivity index (χ1v) is 6.80. The van der Waals surface area contributed by atoms with Crippen LogP contribution in [0, 0.1) is 6.92 Å². The molecule has 1 atom stereocenters. The van der Waals surface area contributed by atoms with Crippen molar-refractivity contribution in [2.75, 3.05) is 25.9 Å². The molecule has 0 heterocycles. The summed E-state index contributed by atoms with van der Waals surface area (Å²) in [5, 5.41) is 2.92. The van der Waals surface area contributed by atoms with Gasteiger partial charge in [0.25, 0.3) is 5.91 Å². The Hall–Kier alpha value is -1.55. The van der Waals surface area contributed by atoms with E-state index in [1.807, 2.05) is 19.1 Å². The number of nitrogens with zero attached hydrogens (tertiary/aromatic N) is 1. The summed E-state index contributed by atoms with van der Waals surface area (Å²) in [7, 11) is 2.07. The van der Waals surface area contributed by atoms with Crippen molar-refractivity contribution in [1.29, 1.82) is 0 Å². The molecule has 0 aromatic heterocycles. The first-order chi connectivity index (χ1) is 8.95. The molecule has 0 spiro atoms. The Labute approximate surface area is 116 Å². The molecular weight excluding hydrogens is 238 g/mol. The number of hydrogen-bond acceptors (Lipinski definition) is 3. The molecule has 1 rings (SSSR count). The van der Waals surface area contributed by atoms with E-state index in [4.69, 9.17) is 5.73 Å². The summed E-state index contributed by atoms with van der Waals surface area (Å²) in [4.78, 5) is 14.3. The summed E-state index contributed by atoms with van der Waals surface area (Å²) in [5.41, 5.74) is 7.95. The Balaban J connectivity index is 2.50. The number of carbonyl (C=O) groups excluding carboxylic acids is 1. The van der Waals surface area contributed by atoms with E-state index in [1.54, 1.807) is 6.07 Å². The molecule has 0 saturated carbocycles. The number of amides is 1. The van der Waals surface area contributed by atoms with Crippen molar-refractivity contribution in [3.05, 3.63) is 29.3 Å². The average molecular weight is 263 g/mol. The second-order valence-electron chi connectivity index (χ2n) is 5.08. The number of nitrogens with two attached hydrogens (primary N) is 1. The highest BCUT2D eigenvalue weighted by molar-refractivity contribution is 5.99. The van der Waals surface area contributed by atoms with Crippen molar-refractivity contribution in [2.45, 2.75) is 33.2 Å². The standard InChI is InChI=1S/C15H25N3O/c1-5-12(3)18(4)9-8-17-15(19)13-10-11(2)6-7-14(13)16/h6-7,10,12H,5,8-9,16H2,1-4H3,(H,17,19). The molecule has 0 fully saturated rings. The Morgan fingerprint density at radius 3 is 2.79 bits per heavy atom. The van der Waals surface area contributed by atoms with E-state index >= 15 is 0 Å². The van der Waals surface area contributed by atoms with Crippen LogP contribution < -0.4 is 11.1 Å². The maximum Gasteiger partial charge on any atom is 0.253 e. The fourth-order valence-electron chi connectivity index (χ4n) is 1.84. The molecule has 0 aliphatic rings. The van der Waals surface area contributed by atoms with Crippen LogP contribution in [0.25, 0.3) is 0 Å². The van der Waals surface area contributed by atoms with E-state index in [0.29, 0.717) is 23.8 Å². The van der Waals surface area contributed by atoms with E-state index in [-0.39, 0.29) is 5.91 Å². The topological polar surface area (TPSA) is 58.4 Å². The van der Waals surface area contributed by atoms with E-state index in [2.05, 4.69) is 31.1 Å². The summed E-state index contributed by atoms with van der Waals surface area (Å²) < 4.78 is 0. The van der Waals surface area contributed by atoms with Gasteiger partial charge in [0.1, 0.15) is 0 Å². The van der Waals surface area contributed by atoms with Gasteiger partial charge in [-0.1, -0.05) is 18.6 Å². The number of nitrogens with one attached hydrogen (secondary N) is 1. The van der Waals surface area contributed by atoms with Crippen LogP contribution in [0.2, 0.25) is 0 Å². The molecule has 106 valence electrons. The lowest BCUT2D eigenvalue weighted by atomic mass is 10.1. The molecule has 1 aromatic rings. The van der Waals surface area contributed by atoms with Crippen LogP contribution >= 0.6 is 0 Å². The minimum Gasteiger partial charge on any atom is -0.398 e. The molecule has 4 heteroatoms. The molecule has 0 saturated heterocycles. The largest absolute Gasteiger partial charge is 0.398 e. The van der Waals surface area contributed by atoms with Gasteiger partial charge in [0, 0.05) is 24.8 Å². The second kappa shape index (κ2) is 7.14. The number of rotatable bonds is 6. The number of benzene rings is 1. The van der Waals surface area contributed by atoms with Gasteiger partial charge < -0.3 is 16.0 Å². The van der Waals surface area contributed by atoms with Crippen molar-refractivity contribution < 1.29 is 4.79 Å². The quantitative estimate of drug-likeness (QED) is 0.772. The van der Waals surface area contributed by atoms with Crippen molar-refractivity contribution in [3.63, 3.8) is 0 Å². The third-order valence-electron chi connectivity index (χ3n) is 3.55. The summed E-state index contributed by atoms with van der Waals surface area (Å²) in [6.07, 6.45) is 1.11. The molecule has 3 N–H and O–H groups in total. The SMILES string of the molecule is CCC(C)N(C)CCNC(=O)c1cc(C)ccc1N. The van der Waals surface area contributed by atoms with E-state index in [0.717, 1.165) is 18.5 Å². The van der Waals surface area contributed by atoms with Gasteiger partial charge in [-0.3, -0.25) is 4.79 Å². The van der Waals surface area contributed by atoms with Crippen LogP contribution in [0.1, 0.15) is 36.2 Å². The van der Waals surface area contributed by atoms with Crippen LogP contribution in [-0.2, 0) is 0 Å². The Bertz CT molecular complexity index is 431. The third-order valence-corrected chi connectivity index (χ3v) is 3.55. The Kier molecular flexibility index (Phi) is 5.83. The van der Waals surface area contributed by atoms with Gasteiger partial charge in [-0.15, -0.1) is 0 Å². The lowest BCUT2D eigenvalue weighted by Gasteiger charge is -2.23. The van der Waals surface area contributed by atoms with Gasteiger partial charge in [0.05, 0.1) is 5.56 Å². The number of aryl methyl sites for hydroxylation is 1. The molecule has 0 aliphatic carbocycles. The minimum atomic E-state index is -0.0984. The van der Waals surface area contributed by atoms with Crippen LogP contribution in [0.15, 0.2) is 18.2 Å². The fourth-order valence-corrected chi connectivity index (χ4v) is 1.84. The molecule has 1 amide bonds. The summed E-state index contributed by atoms with van der Waals surface area (Å²) in [6, 6.07) is 6.03. The average Bonchev–Trinajstić information content (AvgIpc) is 2.40. The van der Waals surface area contributed by atoms with Crippen molar-refractivity contribution in [3.8, 4) is 0 Å². The Morgan fingerprint density at radius 1 is 1.47 bits per heavy atom. The van der Waals surface area contributed by atoms with Crippen LogP contribution in [-0.4, -0.2) is 37.0 Å². The van der Waals surface area contributed by atoms with E-state index < -0.39 is 0 Å². The summed E-state index contributed by atoms with van der Waals surface area (Å²) in [6.45, 7) is 7.76. The minimum absolute atomic E-state index is 0.0984. The van der Waals surface area contributed by atoms with Crippen LogP contribution in [0.5, 0.6) is 0 Å². The normalized spacial score (nSPS) is 12.5. The van der Waals surface area contributed by atoms with Gasteiger partial charge in [0.15, 0.2) is 0 Å². The highest BCUT2D eigenvalue weighted by atomic mass is 16.1. The molecule has 19 heavy (non-hydrogen) atoms. The second-order valence-corrected chi connectivity index (χ2v) is 5.08. The third kappa shape index (κ3) is 4.56. The maximum atomic E-state index is 12.0. The predicted molar refractivity (Wildman–Crippen MR) is 80.3 cm³/mol. The van der Waals surface area contributed by atoms with Crippen molar-refractivity contribution in [2.24, 2.45) is 0 Å². The number of anilines is 1. The van der Waals surface area contributed by atoms with Crippen LogP contribution in [0.3, 0.4) is 0 Å². The van der Waals surface area contributed by atoms with Crippen molar-refractivity contribution >= 4 is 11.6 Å². The zero-order chi connectivity index (χ0) is 14.4. The molecule has 1 aromatic carbocycles. The molecule has 1 unspecified atom stereocenters. The zero-order valence-electron chi connectivity index (χ0n) is 12.4. The molecule has 0 radical (unpaired) electrons. The van der Waals surface area contributed by atoms with Gasteiger partial charge in [-0.05, 0) is 39.4 Å². The van der Waals surface area contributed by atoms with Gasteiger partial charge in [-0.25, -0.2) is 0 Å². The number of likely N-dealkylation sites (N-methyl/N-ethyl adjacent to an activating group) is 1. The number of nitrogen functional groups attached to an aromatic ring is 1. The first-order valence-electron chi connectivity index (χ1n) is 6.80. The molecule has 0 bridgehead atoms.